The second-order valence-corrected chi connectivity index (χ2v) is 8.59. The molecule has 0 aliphatic heterocycles. The lowest BCUT2D eigenvalue weighted by Crippen LogP contribution is -2.25. The van der Waals surface area contributed by atoms with E-state index in [0.29, 0.717) is 18.7 Å². The summed E-state index contributed by atoms with van der Waals surface area (Å²) in [5.41, 5.74) is 0.926. The van der Waals surface area contributed by atoms with Gasteiger partial charge in [0.2, 0.25) is 15.9 Å². The van der Waals surface area contributed by atoms with E-state index < -0.39 is 10.0 Å². The molecule has 3 rings (SSSR count). The molecule has 8 heteroatoms. The fourth-order valence-corrected chi connectivity index (χ4v) is 4.02. The zero-order chi connectivity index (χ0) is 19.3. The van der Waals surface area contributed by atoms with Gasteiger partial charge in [-0.2, -0.15) is 5.10 Å². The third-order valence-electron chi connectivity index (χ3n) is 4.48. The molecule has 2 aromatic rings. The minimum atomic E-state index is -3.43. The Kier molecular flexibility index (Phi) is 6.28. The summed E-state index contributed by atoms with van der Waals surface area (Å²) in [5.74, 6) is 0.626. The van der Waals surface area contributed by atoms with E-state index in [4.69, 9.17) is 0 Å². The number of hydrogen-bond acceptors (Lipinski definition) is 4. The summed E-state index contributed by atoms with van der Waals surface area (Å²) in [4.78, 5) is 12.5. The van der Waals surface area contributed by atoms with E-state index >= 15 is 0 Å². The molecule has 1 aromatic carbocycles. The number of carbonyl (C=O) groups excluding carboxylic acids is 1. The molecule has 146 valence electrons. The second-order valence-electron chi connectivity index (χ2n) is 6.88. The highest BCUT2D eigenvalue weighted by Gasteiger charge is 2.27. The van der Waals surface area contributed by atoms with Crippen molar-refractivity contribution in [2.75, 3.05) is 5.32 Å². The van der Waals surface area contributed by atoms with Crippen LogP contribution in [-0.4, -0.2) is 30.1 Å². The number of nitrogens with zero attached hydrogens (tertiary/aromatic N) is 2. The lowest BCUT2D eigenvalue weighted by atomic mass is 10.1. The molecule has 0 radical (unpaired) electrons. The van der Waals surface area contributed by atoms with Crippen molar-refractivity contribution in [3.63, 3.8) is 0 Å². The highest BCUT2D eigenvalue weighted by Crippen LogP contribution is 2.22. The van der Waals surface area contributed by atoms with Crippen LogP contribution < -0.4 is 10.0 Å². The number of sulfonamides is 1. The third kappa shape index (κ3) is 5.64. The molecule has 0 atom stereocenters. The van der Waals surface area contributed by atoms with Gasteiger partial charge in [-0.25, -0.2) is 17.8 Å². The summed E-state index contributed by atoms with van der Waals surface area (Å²) in [6, 6.07) is 8.60. The van der Waals surface area contributed by atoms with E-state index in [9.17, 15) is 13.2 Å². The monoisotopic (exact) mass is 390 g/mol. The molecule has 1 aliphatic rings. The molecular weight excluding hydrogens is 364 g/mol. The van der Waals surface area contributed by atoms with E-state index in [2.05, 4.69) is 22.1 Å². The smallest absolute Gasteiger partial charge is 0.240 e. The maximum Gasteiger partial charge on any atom is 0.240 e. The summed E-state index contributed by atoms with van der Waals surface area (Å²) in [7, 11) is -3.43. The van der Waals surface area contributed by atoms with Crippen LogP contribution in [0.3, 0.4) is 0 Å². The van der Waals surface area contributed by atoms with Crippen molar-refractivity contribution in [1.29, 1.82) is 0 Å². The molecule has 0 unspecified atom stereocenters. The number of rotatable bonds is 10. The van der Waals surface area contributed by atoms with E-state index in [-0.39, 0.29) is 16.8 Å². The Morgan fingerprint density at radius 1 is 1.22 bits per heavy atom. The van der Waals surface area contributed by atoms with Crippen molar-refractivity contribution in [3.05, 3.63) is 42.1 Å². The molecule has 2 N–H and O–H groups in total. The number of hydrogen-bond donors (Lipinski definition) is 2. The van der Waals surface area contributed by atoms with Gasteiger partial charge >= 0.3 is 0 Å². The van der Waals surface area contributed by atoms with Crippen LogP contribution in [0.5, 0.6) is 0 Å². The second kappa shape index (κ2) is 8.67. The average Bonchev–Trinajstić information content (AvgIpc) is 3.34. The highest BCUT2D eigenvalue weighted by atomic mass is 32.2. The fraction of sp³-hybridized carbons (Fsp3) is 0.474. The summed E-state index contributed by atoms with van der Waals surface area (Å²) in [6.45, 7) is 2.89. The fourth-order valence-electron chi connectivity index (χ4n) is 2.71. The predicted molar refractivity (Wildman–Crippen MR) is 104 cm³/mol. The Labute approximate surface area is 160 Å². The van der Waals surface area contributed by atoms with E-state index in [0.717, 1.165) is 37.8 Å². The minimum Gasteiger partial charge on any atom is -0.311 e. The summed E-state index contributed by atoms with van der Waals surface area (Å²) in [6.07, 6.45) is 6.44. The molecule has 1 saturated carbocycles. The topological polar surface area (TPSA) is 93.1 Å². The minimum absolute atomic E-state index is 0.0830. The van der Waals surface area contributed by atoms with Gasteiger partial charge in [0.15, 0.2) is 0 Å². The first kappa shape index (κ1) is 19.6. The van der Waals surface area contributed by atoms with Crippen molar-refractivity contribution < 1.29 is 13.2 Å². The SMILES string of the molecule is CCCCn1nccc1NC(=O)CCc1ccc(S(=O)(=O)NC2CC2)cc1. The Hall–Kier alpha value is -2.19. The molecule has 0 saturated heterocycles. The Morgan fingerprint density at radius 3 is 2.63 bits per heavy atom. The van der Waals surface area contributed by atoms with Gasteiger partial charge in [0.25, 0.3) is 0 Å². The van der Waals surface area contributed by atoms with Gasteiger partial charge in [-0.1, -0.05) is 25.5 Å². The number of anilines is 1. The Balaban J connectivity index is 1.51. The zero-order valence-electron chi connectivity index (χ0n) is 15.5. The van der Waals surface area contributed by atoms with Crippen LogP contribution in [0.4, 0.5) is 5.82 Å². The zero-order valence-corrected chi connectivity index (χ0v) is 16.3. The van der Waals surface area contributed by atoms with Crippen LogP contribution in [-0.2, 0) is 27.8 Å². The number of carbonyl (C=O) groups is 1. The molecule has 0 spiro atoms. The van der Waals surface area contributed by atoms with Crippen LogP contribution in [0.1, 0.15) is 44.6 Å². The number of amides is 1. The van der Waals surface area contributed by atoms with Crippen molar-refractivity contribution >= 4 is 21.7 Å². The number of aromatic nitrogens is 2. The van der Waals surface area contributed by atoms with Gasteiger partial charge in [-0.3, -0.25) is 4.79 Å². The first-order valence-corrected chi connectivity index (χ1v) is 10.9. The van der Waals surface area contributed by atoms with Crippen LogP contribution in [0, 0.1) is 0 Å². The molecule has 1 aromatic heterocycles. The Morgan fingerprint density at radius 2 is 1.96 bits per heavy atom. The number of benzene rings is 1. The summed E-state index contributed by atoms with van der Waals surface area (Å²) < 4.78 is 28.8. The van der Waals surface area contributed by atoms with Crippen molar-refractivity contribution in [3.8, 4) is 0 Å². The average molecular weight is 391 g/mol. The van der Waals surface area contributed by atoms with Gasteiger partial charge in [0, 0.05) is 25.1 Å². The maximum absolute atomic E-state index is 12.2. The largest absolute Gasteiger partial charge is 0.311 e. The lowest BCUT2D eigenvalue weighted by Gasteiger charge is -2.09. The van der Waals surface area contributed by atoms with Crippen molar-refractivity contribution in [2.24, 2.45) is 0 Å². The number of nitrogens with one attached hydrogen (secondary N) is 2. The van der Waals surface area contributed by atoms with Gasteiger partial charge in [-0.15, -0.1) is 0 Å². The first-order valence-electron chi connectivity index (χ1n) is 9.41. The molecule has 7 nitrogen and oxygen atoms in total. The molecular formula is C19H26N4O3S. The Bertz CT molecular complexity index is 871. The van der Waals surface area contributed by atoms with E-state index in [1.807, 2.05) is 0 Å². The van der Waals surface area contributed by atoms with E-state index in [1.54, 1.807) is 41.2 Å². The molecule has 1 amide bonds. The number of unbranched alkanes of at least 4 members (excludes halogenated alkanes) is 1. The van der Waals surface area contributed by atoms with E-state index in [1.165, 1.54) is 0 Å². The quantitative estimate of drug-likeness (QED) is 0.652. The molecule has 1 fully saturated rings. The van der Waals surface area contributed by atoms with Crippen LogP contribution in [0.25, 0.3) is 0 Å². The van der Waals surface area contributed by atoms with Crippen LogP contribution >= 0.6 is 0 Å². The normalized spacial score (nSPS) is 14.3. The summed E-state index contributed by atoms with van der Waals surface area (Å²) in [5, 5.41) is 7.11. The predicted octanol–water partition coefficient (Wildman–Crippen LogP) is 2.70. The standard InChI is InChI=1S/C19H26N4O3S/c1-2-3-14-23-18(12-13-20-23)21-19(24)11-6-15-4-9-17(10-5-15)27(25,26)22-16-7-8-16/h4-5,9-10,12-13,16,22H,2-3,6-8,11,14H2,1H3,(H,21,24). The lowest BCUT2D eigenvalue weighted by molar-refractivity contribution is -0.116. The third-order valence-corrected chi connectivity index (χ3v) is 6.02. The maximum atomic E-state index is 12.2. The number of aryl methyl sites for hydroxylation is 2. The van der Waals surface area contributed by atoms with Crippen LogP contribution in [0.15, 0.2) is 41.4 Å². The summed E-state index contributed by atoms with van der Waals surface area (Å²) >= 11 is 0. The van der Waals surface area contributed by atoms with Gasteiger partial charge in [0.05, 0.1) is 11.1 Å². The molecule has 0 bridgehead atoms. The van der Waals surface area contributed by atoms with Crippen LogP contribution in [0.2, 0.25) is 0 Å². The van der Waals surface area contributed by atoms with Gasteiger partial charge in [0.1, 0.15) is 5.82 Å². The van der Waals surface area contributed by atoms with Gasteiger partial charge in [-0.05, 0) is 43.4 Å². The molecule has 27 heavy (non-hydrogen) atoms. The highest BCUT2D eigenvalue weighted by molar-refractivity contribution is 7.89. The first-order chi connectivity index (χ1) is 13.0. The van der Waals surface area contributed by atoms with Crippen molar-refractivity contribution in [2.45, 2.75) is 62.9 Å². The molecule has 1 aliphatic carbocycles. The van der Waals surface area contributed by atoms with Gasteiger partial charge < -0.3 is 5.32 Å². The molecule has 1 heterocycles. The van der Waals surface area contributed by atoms with Crippen molar-refractivity contribution in [1.82, 2.24) is 14.5 Å².